The number of terminal acetylenes is 1. The molecule has 6 heteroatoms. The number of hydrogen-bond acceptors (Lipinski definition) is 4. The number of amides is 1. The average molecular weight is 408 g/mol. The summed E-state index contributed by atoms with van der Waals surface area (Å²) in [6, 6.07) is 11.2. The maximum absolute atomic E-state index is 12.9. The van der Waals surface area contributed by atoms with E-state index in [9.17, 15) is 4.79 Å². The molecule has 3 aromatic rings. The number of hydrogen-bond donors (Lipinski definition) is 1. The predicted molar refractivity (Wildman–Crippen MR) is 115 cm³/mol. The Balaban J connectivity index is 1.82. The molecule has 5 nitrogen and oxygen atoms in total. The van der Waals surface area contributed by atoms with Gasteiger partial charge >= 0.3 is 0 Å². The minimum atomic E-state index is -0.685. The van der Waals surface area contributed by atoms with E-state index in [1.807, 2.05) is 44.2 Å². The van der Waals surface area contributed by atoms with Crippen LogP contribution in [0.5, 0.6) is 0 Å². The van der Waals surface area contributed by atoms with Gasteiger partial charge < -0.3 is 10.1 Å². The molecule has 0 saturated heterocycles. The monoisotopic (exact) mass is 407 g/mol. The Morgan fingerprint density at radius 2 is 2.10 bits per heavy atom. The highest BCUT2D eigenvalue weighted by molar-refractivity contribution is 6.35. The number of carbonyl (C=O) groups excluding carboxylic acids is 1. The highest BCUT2D eigenvalue weighted by Gasteiger charge is 2.28. The number of fused-ring (bicyclic) bond motifs is 1. The highest BCUT2D eigenvalue weighted by Crippen LogP contribution is 2.26. The lowest BCUT2D eigenvalue weighted by atomic mass is 9.98. The zero-order chi connectivity index (χ0) is 21.0. The average Bonchev–Trinajstić information content (AvgIpc) is 2.71. The fourth-order valence-electron chi connectivity index (χ4n) is 3.14. The third kappa shape index (κ3) is 4.73. The summed E-state index contributed by atoms with van der Waals surface area (Å²) >= 11 is 6.39. The van der Waals surface area contributed by atoms with E-state index in [4.69, 9.17) is 22.8 Å². The molecule has 3 rings (SSSR count). The van der Waals surface area contributed by atoms with E-state index in [1.54, 1.807) is 18.5 Å². The normalized spacial score (nSPS) is 12.4. The number of benzene rings is 1. The summed E-state index contributed by atoms with van der Waals surface area (Å²) in [6.07, 6.45) is 8.45. The predicted octanol–water partition coefficient (Wildman–Crippen LogP) is 3.87. The Bertz CT molecular complexity index is 1070. The summed E-state index contributed by atoms with van der Waals surface area (Å²) < 4.78 is 5.47. The van der Waals surface area contributed by atoms with Gasteiger partial charge in [-0.15, -0.1) is 6.42 Å². The molecular formula is C23H22ClN3O2. The van der Waals surface area contributed by atoms with E-state index in [1.165, 1.54) is 7.11 Å². The van der Waals surface area contributed by atoms with E-state index < -0.39 is 11.6 Å². The molecule has 29 heavy (non-hydrogen) atoms. The molecule has 0 aliphatic rings. The van der Waals surface area contributed by atoms with Gasteiger partial charge in [-0.1, -0.05) is 23.6 Å². The van der Waals surface area contributed by atoms with Crippen molar-refractivity contribution in [1.82, 2.24) is 15.3 Å². The van der Waals surface area contributed by atoms with E-state index in [0.29, 0.717) is 22.5 Å². The molecule has 0 aliphatic carbocycles. The zero-order valence-corrected chi connectivity index (χ0v) is 17.3. The van der Waals surface area contributed by atoms with Crippen LogP contribution in [0.4, 0.5) is 0 Å². The maximum Gasteiger partial charge on any atom is 0.250 e. The van der Waals surface area contributed by atoms with Gasteiger partial charge in [-0.05, 0) is 49.7 Å². The number of halogens is 1. The quantitative estimate of drug-likeness (QED) is 0.630. The number of carbonyl (C=O) groups is 1. The van der Waals surface area contributed by atoms with Crippen LogP contribution in [0.2, 0.25) is 5.02 Å². The number of nitrogens with one attached hydrogen (secondary N) is 1. The summed E-state index contributed by atoms with van der Waals surface area (Å²) in [4.78, 5) is 21.5. The molecule has 1 amide bonds. The number of pyridine rings is 2. The van der Waals surface area contributed by atoms with Gasteiger partial charge in [0.05, 0.1) is 21.8 Å². The standard InChI is InChI=1S/C23H22ClN3O2/c1-5-15-10-17-11-16(12-18(24)21(17)26-14-15)13-19(29-4)22(28)27-23(2,3)20-8-6-7-9-25-20/h1,6-12,14,19H,13H2,2-4H3,(H,27,28). The molecule has 0 radical (unpaired) electrons. The summed E-state index contributed by atoms with van der Waals surface area (Å²) in [5.74, 6) is 2.34. The Labute approximate surface area is 175 Å². The van der Waals surface area contributed by atoms with Crippen LogP contribution in [0.15, 0.2) is 48.8 Å². The SMILES string of the molecule is C#Cc1cnc2c(Cl)cc(CC(OC)C(=O)NC(C)(C)c3ccccn3)cc2c1. The number of methoxy groups -OCH3 is 1. The fourth-order valence-corrected chi connectivity index (χ4v) is 3.44. The van der Waals surface area contributed by atoms with Gasteiger partial charge in [0.1, 0.15) is 6.10 Å². The largest absolute Gasteiger partial charge is 0.371 e. The van der Waals surface area contributed by atoms with Crippen molar-refractivity contribution in [3.05, 3.63) is 70.6 Å². The maximum atomic E-state index is 12.9. The zero-order valence-electron chi connectivity index (χ0n) is 16.6. The lowest BCUT2D eigenvalue weighted by Gasteiger charge is -2.28. The van der Waals surface area contributed by atoms with Crippen LogP contribution in [-0.4, -0.2) is 29.1 Å². The van der Waals surface area contributed by atoms with Crippen molar-refractivity contribution in [2.24, 2.45) is 0 Å². The van der Waals surface area contributed by atoms with Crippen LogP contribution in [0.3, 0.4) is 0 Å². The van der Waals surface area contributed by atoms with E-state index in [-0.39, 0.29) is 5.91 Å². The van der Waals surface area contributed by atoms with Crippen molar-refractivity contribution < 1.29 is 9.53 Å². The second-order valence-corrected chi connectivity index (χ2v) is 7.68. The molecule has 0 bridgehead atoms. The first-order valence-corrected chi connectivity index (χ1v) is 9.53. The van der Waals surface area contributed by atoms with Crippen molar-refractivity contribution in [3.8, 4) is 12.3 Å². The lowest BCUT2D eigenvalue weighted by molar-refractivity contribution is -0.132. The molecule has 1 aromatic carbocycles. The number of nitrogens with zero attached hydrogens (tertiary/aromatic N) is 2. The van der Waals surface area contributed by atoms with E-state index in [0.717, 1.165) is 16.6 Å². The van der Waals surface area contributed by atoms with Gasteiger partial charge in [-0.25, -0.2) is 0 Å². The Kier molecular flexibility index (Phi) is 6.17. The number of aromatic nitrogens is 2. The first-order valence-electron chi connectivity index (χ1n) is 9.15. The van der Waals surface area contributed by atoms with Crippen molar-refractivity contribution >= 4 is 28.4 Å². The van der Waals surface area contributed by atoms with Crippen molar-refractivity contribution in [2.45, 2.75) is 31.9 Å². The highest BCUT2D eigenvalue weighted by atomic mass is 35.5. The molecule has 1 N–H and O–H groups in total. The molecule has 1 unspecified atom stereocenters. The molecule has 0 spiro atoms. The van der Waals surface area contributed by atoms with Crippen LogP contribution in [0.1, 0.15) is 30.7 Å². The molecule has 2 heterocycles. The van der Waals surface area contributed by atoms with Gasteiger partial charge in [0.15, 0.2) is 0 Å². The Hall–Kier alpha value is -2.94. The smallest absolute Gasteiger partial charge is 0.250 e. The van der Waals surface area contributed by atoms with Gasteiger partial charge in [-0.2, -0.15) is 0 Å². The first kappa shape index (κ1) is 20.8. The fraction of sp³-hybridized carbons (Fsp3) is 0.261. The van der Waals surface area contributed by atoms with E-state index >= 15 is 0 Å². The molecule has 1 atom stereocenters. The Morgan fingerprint density at radius 1 is 1.31 bits per heavy atom. The van der Waals surface area contributed by atoms with Crippen LogP contribution in [0.25, 0.3) is 10.9 Å². The van der Waals surface area contributed by atoms with Crippen LogP contribution >= 0.6 is 11.6 Å². The van der Waals surface area contributed by atoms with Crippen LogP contribution < -0.4 is 5.32 Å². The lowest BCUT2D eigenvalue weighted by Crippen LogP contribution is -2.47. The van der Waals surface area contributed by atoms with E-state index in [2.05, 4.69) is 21.2 Å². The minimum Gasteiger partial charge on any atom is -0.371 e. The summed E-state index contributed by atoms with van der Waals surface area (Å²) in [5, 5.41) is 4.35. The third-order valence-electron chi connectivity index (χ3n) is 4.70. The van der Waals surface area contributed by atoms with Gasteiger partial charge in [-0.3, -0.25) is 14.8 Å². The van der Waals surface area contributed by atoms with Crippen LogP contribution in [-0.2, 0) is 21.5 Å². The second-order valence-electron chi connectivity index (χ2n) is 7.28. The number of rotatable bonds is 6. The van der Waals surface area contributed by atoms with Crippen molar-refractivity contribution in [1.29, 1.82) is 0 Å². The summed E-state index contributed by atoms with van der Waals surface area (Å²) in [7, 11) is 1.51. The van der Waals surface area contributed by atoms with Crippen molar-refractivity contribution in [2.75, 3.05) is 7.11 Å². The first-order chi connectivity index (χ1) is 13.8. The number of ether oxygens (including phenoxy) is 1. The summed E-state index contributed by atoms with van der Waals surface area (Å²) in [5.41, 5.74) is 2.33. The molecule has 0 saturated carbocycles. The molecule has 0 fully saturated rings. The Morgan fingerprint density at radius 3 is 2.76 bits per heavy atom. The van der Waals surface area contributed by atoms with Gasteiger partial charge in [0.25, 0.3) is 0 Å². The van der Waals surface area contributed by atoms with Gasteiger partial charge in [0, 0.05) is 36.9 Å². The van der Waals surface area contributed by atoms with Gasteiger partial charge in [0.2, 0.25) is 5.91 Å². The minimum absolute atomic E-state index is 0.227. The summed E-state index contributed by atoms with van der Waals surface area (Å²) in [6.45, 7) is 3.81. The topological polar surface area (TPSA) is 64.1 Å². The molecule has 0 aliphatic heterocycles. The molecule has 2 aromatic heterocycles. The molecule has 148 valence electrons. The second kappa shape index (κ2) is 8.60. The van der Waals surface area contributed by atoms with Crippen molar-refractivity contribution in [3.63, 3.8) is 0 Å². The third-order valence-corrected chi connectivity index (χ3v) is 4.99. The molecular weight excluding hydrogens is 386 g/mol. The van der Waals surface area contributed by atoms with Crippen LogP contribution in [0, 0.1) is 12.3 Å².